The van der Waals surface area contributed by atoms with Crippen molar-refractivity contribution < 1.29 is 21.8 Å². The van der Waals surface area contributed by atoms with Gasteiger partial charge in [0.25, 0.3) is 0 Å². The van der Waals surface area contributed by atoms with E-state index in [1.807, 2.05) is 0 Å². The van der Waals surface area contributed by atoms with Crippen LogP contribution in [0, 0.1) is 6.07 Å². The average molecular weight is 943 g/mol. The zero-order valence-electron chi connectivity index (χ0n) is 10.1. The van der Waals surface area contributed by atoms with Crippen molar-refractivity contribution in [3.8, 4) is 11.5 Å². The third-order valence-corrected chi connectivity index (χ3v) is 12.2. The second kappa shape index (κ2) is 10.0. The van der Waals surface area contributed by atoms with E-state index in [1.165, 1.54) is 0 Å². The maximum Gasteiger partial charge on any atom is 1.00 e. The van der Waals surface area contributed by atoms with E-state index < -0.39 is 0 Å². The predicted molar refractivity (Wildman–Crippen MR) is 121 cm³/mol. The molecule has 0 aromatic heterocycles. The van der Waals surface area contributed by atoms with Crippen molar-refractivity contribution in [2.24, 2.45) is 0 Å². The molecule has 128 valence electrons. The number of halogens is 9. The van der Waals surface area contributed by atoms with E-state index in [-0.39, 0.29) is 17.1 Å². The van der Waals surface area contributed by atoms with Crippen LogP contribution in [0.15, 0.2) is 40.3 Å². The van der Waals surface area contributed by atoms with Crippen LogP contribution in [0.2, 0.25) is 0 Å². The van der Waals surface area contributed by atoms with Gasteiger partial charge in [0.1, 0.15) is 0 Å². The van der Waals surface area contributed by atoms with Gasteiger partial charge in [-0.15, -0.1) is 31.9 Å². The third-order valence-electron chi connectivity index (χ3n) is 2.38. The molecule has 0 N–H and O–H groups in total. The molecule has 1 nitrogen and oxygen atoms in total. The molecule has 11 heteroatoms. The number of benzene rings is 2. The van der Waals surface area contributed by atoms with Gasteiger partial charge >= 0.3 is 17.1 Å². The molecule has 0 heterocycles. The van der Waals surface area contributed by atoms with Gasteiger partial charge in [-0.25, -0.2) is 0 Å². The summed E-state index contributed by atoms with van der Waals surface area (Å²) in [6.07, 6.45) is 0. The van der Waals surface area contributed by atoms with E-state index in [0.29, 0.717) is 11.5 Å². The SMILES string of the molecule is Brc1[c-]c(Br)c(Br)c(Oc2c(Br)c(Br)c(Br)c(Br)c2Br)c1Br.[Cu+]. The molecule has 0 aliphatic rings. The molecule has 0 aliphatic carbocycles. The molecule has 2 aromatic carbocycles. The fraction of sp³-hybridized carbons (Fsp3) is 0. The van der Waals surface area contributed by atoms with Gasteiger partial charge in [-0.1, -0.05) is 40.8 Å². The Kier molecular flexibility index (Phi) is 10.5. The summed E-state index contributed by atoms with van der Waals surface area (Å²) in [5, 5.41) is 0. The van der Waals surface area contributed by atoms with Crippen molar-refractivity contribution in [2.75, 3.05) is 0 Å². The maximum atomic E-state index is 6.13. The van der Waals surface area contributed by atoms with Crippen LogP contribution in [-0.4, -0.2) is 0 Å². The Balaban J connectivity index is 0.00000264. The Morgan fingerprint density at radius 3 is 1.17 bits per heavy atom. The van der Waals surface area contributed by atoms with Crippen LogP contribution in [0.25, 0.3) is 0 Å². The summed E-state index contributed by atoms with van der Waals surface area (Å²) < 4.78 is 13.2. The third kappa shape index (κ3) is 5.12. The van der Waals surface area contributed by atoms with Crippen LogP contribution in [0.1, 0.15) is 0 Å². The quantitative estimate of drug-likeness (QED) is 0.126. The van der Waals surface area contributed by atoms with Crippen LogP contribution in [0.5, 0.6) is 11.5 Å². The van der Waals surface area contributed by atoms with Gasteiger partial charge in [0.05, 0.1) is 17.9 Å². The first-order valence-electron chi connectivity index (χ1n) is 5.11. The summed E-state index contributed by atoms with van der Waals surface area (Å²) in [6.45, 7) is 0. The maximum absolute atomic E-state index is 6.13. The van der Waals surface area contributed by atoms with E-state index in [1.54, 1.807) is 0 Å². The van der Waals surface area contributed by atoms with Gasteiger partial charge in [-0.2, -0.15) is 6.07 Å². The second-order valence-electron chi connectivity index (χ2n) is 3.71. The van der Waals surface area contributed by atoms with Crippen LogP contribution >= 0.6 is 143 Å². The molecule has 0 bridgehead atoms. The minimum absolute atomic E-state index is 0. The zero-order chi connectivity index (χ0) is 16.8. The van der Waals surface area contributed by atoms with Gasteiger partial charge < -0.3 is 4.74 Å². The largest absolute Gasteiger partial charge is 1.00 e. The molecule has 0 aliphatic heterocycles. The van der Waals surface area contributed by atoms with E-state index in [0.717, 1.165) is 40.3 Å². The Morgan fingerprint density at radius 1 is 0.478 bits per heavy atom. The molecule has 0 amide bonds. The van der Waals surface area contributed by atoms with E-state index in [9.17, 15) is 0 Å². The molecule has 0 spiro atoms. The molecule has 23 heavy (non-hydrogen) atoms. The molecule has 0 atom stereocenters. The number of hydrogen-bond acceptors (Lipinski definition) is 1. The number of hydrogen-bond donors (Lipinski definition) is 0. The van der Waals surface area contributed by atoms with E-state index in [4.69, 9.17) is 4.74 Å². The first-order chi connectivity index (χ1) is 10.2. The Hall–Kier alpha value is 3.08. The summed E-state index contributed by atoms with van der Waals surface area (Å²) in [5.41, 5.74) is 0. The van der Waals surface area contributed by atoms with E-state index in [2.05, 4.69) is 149 Å². The average Bonchev–Trinajstić information content (AvgIpc) is 2.48. The van der Waals surface area contributed by atoms with Crippen molar-refractivity contribution in [1.82, 2.24) is 0 Å². The summed E-state index contributed by atoms with van der Waals surface area (Å²) >= 11 is 31.5. The van der Waals surface area contributed by atoms with Crippen molar-refractivity contribution in [3.63, 3.8) is 0 Å². The predicted octanol–water partition coefficient (Wildman–Crippen LogP) is 10.1. The second-order valence-corrected chi connectivity index (χ2v) is 10.8. The topological polar surface area (TPSA) is 9.23 Å². The first kappa shape index (κ1) is 24.1. The van der Waals surface area contributed by atoms with Crippen LogP contribution in [-0.2, 0) is 17.1 Å². The van der Waals surface area contributed by atoms with Crippen molar-refractivity contribution in [2.45, 2.75) is 0 Å². The van der Waals surface area contributed by atoms with Crippen molar-refractivity contribution in [1.29, 1.82) is 0 Å². The molecule has 0 radical (unpaired) electrons. The normalized spacial score (nSPS) is 10.5. The number of ether oxygens (including phenoxy) is 1. The van der Waals surface area contributed by atoms with Crippen molar-refractivity contribution >= 4 is 143 Å². The molecule has 0 fully saturated rings. The molecular weight excluding hydrogens is 943 g/mol. The molecule has 2 aromatic rings. The minimum Gasteiger partial charge on any atom is -0.478 e. The Labute approximate surface area is 219 Å². The van der Waals surface area contributed by atoms with Gasteiger partial charge in [0.15, 0.2) is 5.75 Å². The zero-order valence-corrected chi connectivity index (χ0v) is 25.3. The Bertz CT molecular complexity index is 723. The monoisotopic (exact) mass is 933 g/mol. The minimum atomic E-state index is 0. The fourth-order valence-electron chi connectivity index (χ4n) is 1.37. The molecule has 0 saturated heterocycles. The van der Waals surface area contributed by atoms with Crippen molar-refractivity contribution in [3.05, 3.63) is 46.3 Å². The summed E-state index contributed by atoms with van der Waals surface area (Å²) in [4.78, 5) is 0. The van der Waals surface area contributed by atoms with E-state index >= 15 is 0 Å². The Morgan fingerprint density at radius 2 is 0.783 bits per heavy atom. The summed E-state index contributed by atoms with van der Waals surface area (Å²) in [5.74, 6) is 1.23. The van der Waals surface area contributed by atoms with Gasteiger partial charge in [0.2, 0.25) is 0 Å². The smallest absolute Gasteiger partial charge is 0.478 e. The molecular formula is C12Br9CuO. The fourth-order valence-corrected chi connectivity index (χ4v) is 6.59. The molecule has 0 unspecified atom stereocenters. The van der Waals surface area contributed by atoms with Gasteiger partial charge in [0, 0.05) is 10.2 Å². The first-order valence-corrected chi connectivity index (χ1v) is 12.2. The molecule has 0 saturated carbocycles. The molecule has 2 rings (SSSR count). The van der Waals surface area contributed by atoms with Crippen LogP contribution in [0.3, 0.4) is 0 Å². The summed E-state index contributed by atoms with van der Waals surface area (Å²) in [6, 6.07) is 3.10. The van der Waals surface area contributed by atoms with Crippen LogP contribution in [0.4, 0.5) is 0 Å². The summed E-state index contributed by atoms with van der Waals surface area (Å²) in [7, 11) is 0. The van der Waals surface area contributed by atoms with Crippen LogP contribution < -0.4 is 4.74 Å². The van der Waals surface area contributed by atoms with Gasteiger partial charge in [-0.3, -0.25) is 0 Å². The van der Waals surface area contributed by atoms with Gasteiger partial charge in [-0.05, 0) is 88.6 Å². The number of rotatable bonds is 2. The standard InChI is InChI=1S/C12Br9O.Cu/c13-2-1-3(14)5(16)11(4(2)15)22-12-9(20)7(18)6(17)8(19)10(12)21;/q-1;+1.